The molecular weight excluding hydrogens is 383 g/mol. The highest BCUT2D eigenvalue weighted by molar-refractivity contribution is 5.85. The second-order valence-electron chi connectivity index (χ2n) is 6.66. The highest BCUT2D eigenvalue weighted by Gasteiger charge is 2.45. The molecular formula is C18H21FN6O4. The van der Waals surface area contributed by atoms with E-state index < -0.39 is 31.1 Å². The Hall–Kier alpha value is -2.86. The molecule has 0 bridgehead atoms. The van der Waals surface area contributed by atoms with Crippen molar-refractivity contribution in [1.82, 2.24) is 19.5 Å². The maximum absolute atomic E-state index is 13.1. The zero-order valence-electron chi connectivity index (χ0n) is 15.5. The van der Waals surface area contributed by atoms with E-state index in [1.807, 2.05) is 0 Å². The van der Waals surface area contributed by atoms with Crippen LogP contribution in [0.1, 0.15) is 11.8 Å². The molecule has 154 valence electrons. The van der Waals surface area contributed by atoms with Gasteiger partial charge in [0.2, 0.25) is 5.95 Å². The summed E-state index contributed by atoms with van der Waals surface area (Å²) in [6, 6.07) is 5.99. The largest absolute Gasteiger partial charge is 0.394 e. The number of fused-ring (bicyclic) bond motifs is 1. The summed E-state index contributed by atoms with van der Waals surface area (Å²) in [4.78, 5) is 12.9. The topological polar surface area (TPSA) is 138 Å². The number of rotatable bonds is 6. The number of halogens is 1. The van der Waals surface area contributed by atoms with Crippen molar-refractivity contribution >= 4 is 22.9 Å². The van der Waals surface area contributed by atoms with Gasteiger partial charge in [-0.05, 0) is 17.7 Å². The minimum Gasteiger partial charge on any atom is -0.394 e. The van der Waals surface area contributed by atoms with Crippen LogP contribution in [0.4, 0.5) is 16.2 Å². The van der Waals surface area contributed by atoms with Gasteiger partial charge in [-0.1, -0.05) is 12.1 Å². The zero-order chi connectivity index (χ0) is 20.5. The van der Waals surface area contributed by atoms with E-state index >= 15 is 0 Å². The number of benzene rings is 1. The summed E-state index contributed by atoms with van der Waals surface area (Å²) >= 11 is 0. The van der Waals surface area contributed by atoms with Crippen molar-refractivity contribution in [2.45, 2.75) is 31.1 Å². The van der Waals surface area contributed by atoms with Crippen molar-refractivity contribution in [2.24, 2.45) is 0 Å². The van der Waals surface area contributed by atoms with Gasteiger partial charge >= 0.3 is 0 Å². The third-order valence-electron chi connectivity index (χ3n) is 4.85. The maximum atomic E-state index is 13.1. The molecule has 0 aliphatic carbocycles. The number of aliphatic hydroxyl groups is 3. The highest BCUT2D eigenvalue weighted by Crippen LogP contribution is 2.35. The molecule has 1 aliphatic rings. The summed E-state index contributed by atoms with van der Waals surface area (Å²) in [6.45, 7) is -0.128. The molecule has 1 saturated heterocycles. The fourth-order valence-corrected chi connectivity index (χ4v) is 3.33. The number of nitrogens with one attached hydrogen (secondary N) is 2. The first kappa shape index (κ1) is 19.5. The third kappa shape index (κ3) is 3.49. The molecule has 29 heavy (non-hydrogen) atoms. The lowest BCUT2D eigenvalue weighted by Gasteiger charge is -2.19. The molecule has 4 rings (SSSR count). The second kappa shape index (κ2) is 7.87. The first-order chi connectivity index (χ1) is 14.0. The van der Waals surface area contributed by atoms with E-state index in [9.17, 15) is 19.7 Å². The fraction of sp³-hybridized carbons (Fsp3) is 0.389. The normalized spacial score (nSPS) is 24.2. The average Bonchev–Trinajstić information content (AvgIpc) is 3.24. The quantitative estimate of drug-likeness (QED) is 0.391. The lowest BCUT2D eigenvalue weighted by atomic mass is 10.1. The SMILES string of the molecule is CNc1ncnc2c1nc(NCc1ccc(F)cc1)n2[C@@H]1O[C@H](CO)[C@@H](O)[C@H]1O. The highest BCUT2D eigenvalue weighted by atomic mass is 19.1. The van der Waals surface area contributed by atoms with Crippen LogP contribution in [0.5, 0.6) is 0 Å². The number of nitrogens with zero attached hydrogens (tertiary/aromatic N) is 4. The van der Waals surface area contributed by atoms with Crippen molar-refractivity contribution < 1.29 is 24.4 Å². The molecule has 0 saturated carbocycles. The molecule has 1 aliphatic heterocycles. The van der Waals surface area contributed by atoms with E-state index in [-0.39, 0.29) is 5.82 Å². The summed E-state index contributed by atoms with van der Waals surface area (Å²) in [5.41, 5.74) is 1.63. The van der Waals surface area contributed by atoms with E-state index in [4.69, 9.17) is 4.74 Å². The van der Waals surface area contributed by atoms with Gasteiger partial charge in [-0.25, -0.2) is 19.3 Å². The van der Waals surface area contributed by atoms with Crippen LogP contribution in [0.25, 0.3) is 11.2 Å². The van der Waals surface area contributed by atoms with Crippen LogP contribution in [0.2, 0.25) is 0 Å². The second-order valence-corrected chi connectivity index (χ2v) is 6.66. The molecule has 11 heteroatoms. The summed E-state index contributed by atoms with van der Waals surface area (Å²) < 4.78 is 20.3. The number of hydrogen-bond acceptors (Lipinski definition) is 9. The zero-order valence-corrected chi connectivity index (χ0v) is 15.5. The molecule has 5 N–H and O–H groups in total. The predicted molar refractivity (Wildman–Crippen MR) is 102 cm³/mol. The molecule has 0 amide bonds. The lowest BCUT2D eigenvalue weighted by Crippen LogP contribution is -2.33. The minimum atomic E-state index is -1.30. The Morgan fingerprint density at radius 1 is 1.17 bits per heavy atom. The molecule has 0 unspecified atom stereocenters. The van der Waals surface area contributed by atoms with Gasteiger partial charge in [-0.2, -0.15) is 0 Å². The van der Waals surface area contributed by atoms with Crippen LogP contribution in [-0.2, 0) is 11.3 Å². The van der Waals surface area contributed by atoms with Crippen LogP contribution in [0.3, 0.4) is 0 Å². The monoisotopic (exact) mass is 404 g/mol. The van der Waals surface area contributed by atoms with Crippen molar-refractivity contribution in [3.63, 3.8) is 0 Å². The molecule has 4 atom stereocenters. The summed E-state index contributed by atoms with van der Waals surface area (Å²) in [5.74, 6) is 0.461. The number of aliphatic hydroxyl groups excluding tert-OH is 3. The summed E-state index contributed by atoms with van der Waals surface area (Å²) in [7, 11) is 1.69. The van der Waals surface area contributed by atoms with Gasteiger partial charge in [-0.3, -0.25) is 4.57 Å². The average molecular weight is 404 g/mol. The minimum absolute atomic E-state index is 0.316. The first-order valence-corrected chi connectivity index (χ1v) is 9.05. The van der Waals surface area contributed by atoms with Crippen molar-refractivity contribution in [2.75, 3.05) is 24.3 Å². The lowest BCUT2D eigenvalue weighted by molar-refractivity contribution is -0.0501. The van der Waals surface area contributed by atoms with Crippen molar-refractivity contribution in [3.8, 4) is 0 Å². The van der Waals surface area contributed by atoms with E-state index in [2.05, 4.69) is 25.6 Å². The standard InChI is InChI=1S/C18H21FN6O4/c1-20-15-12-16(23-8-22-15)25(17-14(28)13(27)11(7-26)29-17)18(24-12)21-6-9-2-4-10(19)5-3-9/h2-5,8,11,13-14,17,26-28H,6-7H2,1H3,(H,21,24)(H,20,22,23)/t11-,13-,14-,17-/m1/s1. The van der Waals surface area contributed by atoms with Gasteiger partial charge in [0.25, 0.3) is 0 Å². The smallest absolute Gasteiger partial charge is 0.207 e. The van der Waals surface area contributed by atoms with E-state index in [1.165, 1.54) is 23.0 Å². The first-order valence-electron chi connectivity index (χ1n) is 9.05. The molecule has 0 radical (unpaired) electrons. The summed E-state index contributed by atoms with van der Waals surface area (Å²) in [6.07, 6.45) is -3.19. The molecule has 2 aromatic heterocycles. The van der Waals surface area contributed by atoms with Crippen LogP contribution >= 0.6 is 0 Å². The van der Waals surface area contributed by atoms with Crippen molar-refractivity contribution in [3.05, 3.63) is 42.0 Å². The van der Waals surface area contributed by atoms with E-state index in [1.54, 1.807) is 19.2 Å². The summed E-state index contributed by atoms with van der Waals surface area (Å²) in [5, 5.41) is 36.1. The van der Waals surface area contributed by atoms with Crippen LogP contribution < -0.4 is 10.6 Å². The molecule has 3 aromatic rings. The Morgan fingerprint density at radius 3 is 2.59 bits per heavy atom. The van der Waals surface area contributed by atoms with Crippen LogP contribution in [-0.4, -0.2) is 66.8 Å². The Labute approximate surface area is 165 Å². The molecule has 1 fully saturated rings. The number of ether oxygens (including phenoxy) is 1. The Kier molecular flexibility index (Phi) is 5.28. The third-order valence-corrected chi connectivity index (χ3v) is 4.85. The number of imidazole rings is 1. The molecule has 1 aromatic carbocycles. The van der Waals surface area contributed by atoms with Gasteiger partial charge in [-0.15, -0.1) is 0 Å². The van der Waals surface area contributed by atoms with Gasteiger partial charge < -0.3 is 30.7 Å². The predicted octanol–water partition coefficient (Wildman–Crippen LogP) is 0.231. The fourth-order valence-electron chi connectivity index (χ4n) is 3.33. The molecule has 3 heterocycles. The Balaban J connectivity index is 1.74. The number of anilines is 2. The van der Waals surface area contributed by atoms with Crippen LogP contribution in [0.15, 0.2) is 30.6 Å². The Morgan fingerprint density at radius 2 is 1.93 bits per heavy atom. The van der Waals surface area contributed by atoms with Gasteiger partial charge in [0.15, 0.2) is 23.2 Å². The van der Waals surface area contributed by atoms with Crippen molar-refractivity contribution in [1.29, 1.82) is 0 Å². The van der Waals surface area contributed by atoms with Gasteiger partial charge in [0.05, 0.1) is 6.61 Å². The van der Waals surface area contributed by atoms with Gasteiger partial charge in [0.1, 0.15) is 30.5 Å². The molecule has 0 spiro atoms. The number of hydrogen-bond donors (Lipinski definition) is 5. The van der Waals surface area contributed by atoms with Crippen LogP contribution in [0, 0.1) is 5.82 Å². The number of aromatic nitrogens is 4. The van der Waals surface area contributed by atoms with E-state index in [0.29, 0.717) is 29.5 Å². The molecule has 10 nitrogen and oxygen atoms in total. The maximum Gasteiger partial charge on any atom is 0.207 e. The van der Waals surface area contributed by atoms with E-state index in [0.717, 1.165) is 5.56 Å². The Bertz CT molecular complexity index is 998. The van der Waals surface area contributed by atoms with Gasteiger partial charge in [0, 0.05) is 13.6 Å².